The van der Waals surface area contributed by atoms with Crippen LogP contribution in [0.15, 0.2) is 6.07 Å². The lowest BCUT2D eigenvalue weighted by Crippen LogP contribution is -2.08. The summed E-state index contributed by atoms with van der Waals surface area (Å²) in [7, 11) is 1.72. The van der Waals surface area contributed by atoms with Crippen molar-refractivity contribution < 1.29 is 4.74 Å². The van der Waals surface area contributed by atoms with Gasteiger partial charge in [-0.25, -0.2) is 0 Å². The number of hydrogen-bond donors (Lipinski definition) is 1. The molecule has 1 aromatic carbocycles. The van der Waals surface area contributed by atoms with E-state index >= 15 is 0 Å². The summed E-state index contributed by atoms with van der Waals surface area (Å²) >= 11 is 0. The Morgan fingerprint density at radius 3 is 2.79 bits per heavy atom. The topological polar surface area (TPSA) is 35.2 Å². The molecule has 2 nitrogen and oxygen atoms in total. The molecule has 0 amide bonds. The quantitative estimate of drug-likeness (QED) is 0.739. The van der Waals surface area contributed by atoms with Crippen LogP contribution in [-0.4, -0.2) is 7.11 Å². The minimum absolute atomic E-state index is 0.208. The van der Waals surface area contributed by atoms with Crippen LogP contribution in [0.2, 0.25) is 0 Å². The summed E-state index contributed by atoms with van der Waals surface area (Å²) in [5.41, 5.74) is 11.2. The van der Waals surface area contributed by atoms with E-state index in [2.05, 4.69) is 19.9 Å². The second-order valence-electron chi connectivity index (χ2n) is 4.07. The third-order valence-electron chi connectivity index (χ3n) is 3.14. The lowest BCUT2D eigenvalue weighted by molar-refractivity contribution is 0.407. The van der Waals surface area contributed by atoms with Gasteiger partial charge in [-0.05, 0) is 48.9 Å². The molecule has 14 heavy (non-hydrogen) atoms. The Morgan fingerprint density at radius 1 is 1.43 bits per heavy atom. The molecule has 0 spiro atoms. The molecule has 0 unspecified atom stereocenters. The van der Waals surface area contributed by atoms with E-state index < -0.39 is 0 Å². The summed E-state index contributed by atoms with van der Waals surface area (Å²) in [4.78, 5) is 0. The van der Waals surface area contributed by atoms with Crippen LogP contribution in [0.4, 0.5) is 0 Å². The van der Waals surface area contributed by atoms with Gasteiger partial charge in [0.25, 0.3) is 0 Å². The highest BCUT2D eigenvalue weighted by Crippen LogP contribution is 2.38. The molecule has 0 bridgehead atoms. The van der Waals surface area contributed by atoms with Crippen LogP contribution >= 0.6 is 0 Å². The normalized spacial score (nSPS) is 19.6. The molecule has 2 heteroatoms. The largest absolute Gasteiger partial charge is 0.496 e. The van der Waals surface area contributed by atoms with E-state index in [0.29, 0.717) is 0 Å². The number of methoxy groups -OCH3 is 1. The zero-order valence-electron chi connectivity index (χ0n) is 9.05. The van der Waals surface area contributed by atoms with Gasteiger partial charge in [-0.1, -0.05) is 6.07 Å². The first-order valence-corrected chi connectivity index (χ1v) is 5.07. The van der Waals surface area contributed by atoms with Gasteiger partial charge in [0.15, 0.2) is 0 Å². The fraction of sp³-hybridized carbons (Fsp3) is 0.500. The van der Waals surface area contributed by atoms with Gasteiger partial charge in [0, 0.05) is 6.04 Å². The maximum atomic E-state index is 6.07. The highest BCUT2D eigenvalue weighted by molar-refractivity contribution is 5.52. The fourth-order valence-electron chi connectivity index (χ4n) is 2.56. The first-order chi connectivity index (χ1) is 6.65. The summed E-state index contributed by atoms with van der Waals surface area (Å²) < 4.78 is 5.39. The van der Waals surface area contributed by atoms with Gasteiger partial charge in [0.05, 0.1) is 7.11 Å². The van der Waals surface area contributed by atoms with Crippen molar-refractivity contribution in [2.75, 3.05) is 7.11 Å². The SMILES string of the molecule is COc1c(C)cc2c(c1C)[C@H](N)CC2. The van der Waals surface area contributed by atoms with E-state index in [4.69, 9.17) is 10.5 Å². The van der Waals surface area contributed by atoms with E-state index in [0.717, 1.165) is 18.6 Å². The standard InChI is InChI=1S/C12H17NO/c1-7-6-9-4-5-10(13)11(9)8(2)12(7)14-3/h6,10H,4-5,13H2,1-3H3/t10-/m1/s1. The van der Waals surface area contributed by atoms with Crippen LogP contribution in [0, 0.1) is 13.8 Å². The van der Waals surface area contributed by atoms with Gasteiger partial charge in [0.1, 0.15) is 5.75 Å². The van der Waals surface area contributed by atoms with Gasteiger partial charge in [-0.2, -0.15) is 0 Å². The second kappa shape index (κ2) is 3.28. The third-order valence-corrected chi connectivity index (χ3v) is 3.14. The molecule has 1 aliphatic carbocycles. The molecule has 1 aliphatic rings. The zero-order chi connectivity index (χ0) is 10.3. The Morgan fingerprint density at radius 2 is 2.14 bits per heavy atom. The van der Waals surface area contributed by atoms with Crippen molar-refractivity contribution in [1.82, 2.24) is 0 Å². The van der Waals surface area contributed by atoms with Gasteiger partial charge in [-0.15, -0.1) is 0 Å². The molecular weight excluding hydrogens is 174 g/mol. The number of aryl methyl sites for hydroxylation is 2. The van der Waals surface area contributed by atoms with Crippen LogP contribution in [0.25, 0.3) is 0 Å². The van der Waals surface area contributed by atoms with Crippen molar-refractivity contribution in [3.05, 3.63) is 28.3 Å². The van der Waals surface area contributed by atoms with E-state index in [1.165, 1.54) is 22.3 Å². The molecule has 1 aromatic rings. The summed E-state index contributed by atoms with van der Waals surface area (Å²) in [6.45, 7) is 4.20. The van der Waals surface area contributed by atoms with Crippen LogP contribution in [0.3, 0.4) is 0 Å². The molecule has 0 aliphatic heterocycles. The van der Waals surface area contributed by atoms with Gasteiger partial charge in [0.2, 0.25) is 0 Å². The fourth-order valence-corrected chi connectivity index (χ4v) is 2.56. The minimum Gasteiger partial charge on any atom is -0.496 e. The smallest absolute Gasteiger partial charge is 0.125 e. The second-order valence-corrected chi connectivity index (χ2v) is 4.07. The van der Waals surface area contributed by atoms with Crippen LogP contribution < -0.4 is 10.5 Å². The molecule has 0 saturated carbocycles. The Balaban J connectivity index is 2.64. The molecule has 1 atom stereocenters. The molecule has 0 saturated heterocycles. The van der Waals surface area contributed by atoms with E-state index in [-0.39, 0.29) is 6.04 Å². The van der Waals surface area contributed by atoms with Gasteiger partial charge >= 0.3 is 0 Å². The number of fused-ring (bicyclic) bond motifs is 1. The summed E-state index contributed by atoms with van der Waals surface area (Å²) in [5.74, 6) is 1.00. The van der Waals surface area contributed by atoms with Gasteiger partial charge < -0.3 is 10.5 Å². The first-order valence-electron chi connectivity index (χ1n) is 5.07. The van der Waals surface area contributed by atoms with Crippen molar-refractivity contribution in [1.29, 1.82) is 0 Å². The highest BCUT2D eigenvalue weighted by atomic mass is 16.5. The average molecular weight is 191 g/mol. The van der Waals surface area contributed by atoms with E-state index in [9.17, 15) is 0 Å². The Labute approximate surface area is 85.1 Å². The Bertz CT molecular complexity index is 371. The van der Waals surface area contributed by atoms with Crippen molar-refractivity contribution in [2.45, 2.75) is 32.7 Å². The lowest BCUT2D eigenvalue weighted by atomic mass is 9.98. The molecular formula is C12H17NO. The predicted octanol–water partition coefficient (Wildman–Crippen LogP) is 2.26. The molecule has 2 rings (SSSR count). The Hall–Kier alpha value is -1.02. The Kier molecular flexibility index (Phi) is 2.23. The molecule has 76 valence electrons. The van der Waals surface area contributed by atoms with Crippen molar-refractivity contribution in [3.63, 3.8) is 0 Å². The third kappa shape index (κ3) is 1.22. The molecule has 0 radical (unpaired) electrons. The number of rotatable bonds is 1. The monoisotopic (exact) mass is 191 g/mol. The highest BCUT2D eigenvalue weighted by Gasteiger charge is 2.23. The summed E-state index contributed by atoms with van der Waals surface area (Å²) in [5, 5.41) is 0. The van der Waals surface area contributed by atoms with Crippen molar-refractivity contribution in [2.24, 2.45) is 5.73 Å². The maximum Gasteiger partial charge on any atom is 0.125 e. The lowest BCUT2D eigenvalue weighted by Gasteiger charge is -2.15. The minimum atomic E-state index is 0.208. The van der Waals surface area contributed by atoms with Crippen LogP contribution in [0.5, 0.6) is 5.75 Å². The summed E-state index contributed by atoms with van der Waals surface area (Å²) in [6, 6.07) is 2.42. The number of hydrogen-bond acceptors (Lipinski definition) is 2. The maximum absolute atomic E-state index is 6.07. The first kappa shape index (κ1) is 9.53. The number of benzene rings is 1. The van der Waals surface area contributed by atoms with Crippen LogP contribution in [0.1, 0.15) is 34.7 Å². The molecule has 0 heterocycles. The molecule has 0 aromatic heterocycles. The molecule has 2 N–H and O–H groups in total. The number of nitrogens with two attached hydrogens (primary N) is 1. The van der Waals surface area contributed by atoms with Crippen molar-refractivity contribution >= 4 is 0 Å². The average Bonchev–Trinajstić information content (AvgIpc) is 2.48. The number of ether oxygens (including phenoxy) is 1. The molecule has 0 fully saturated rings. The van der Waals surface area contributed by atoms with E-state index in [1.807, 2.05) is 0 Å². The zero-order valence-corrected chi connectivity index (χ0v) is 9.05. The van der Waals surface area contributed by atoms with Gasteiger partial charge in [-0.3, -0.25) is 0 Å². The van der Waals surface area contributed by atoms with E-state index in [1.54, 1.807) is 7.11 Å². The van der Waals surface area contributed by atoms with Crippen molar-refractivity contribution in [3.8, 4) is 5.75 Å². The summed E-state index contributed by atoms with van der Waals surface area (Å²) in [6.07, 6.45) is 2.19. The predicted molar refractivity (Wildman–Crippen MR) is 57.7 cm³/mol. The van der Waals surface area contributed by atoms with Crippen LogP contribution in [-0.2, 0) is 6.42 Å².